The molecule has 0 saturated carbocycles. The first-order valence-corrected chi connectivity index (χ1v) is 5.22. The van der Waals surface area contributed by atoms with Gasteiger partial charge >= 0.3 is 0 Å². The van der Waals surface area contributed by atoms with Crippen LogP contribution in [-0.2, 0) is 0 Å². The molecule has 1 aliphatic rings. The zero-order chi connectivity index (χ0) is 10.7. The number of nitrogens with one attached hydrogen (secondary N) is 2. The summed E-state index contributed by atoms with van der Waals surface area (Å²) < 4.78 is 5.09. The minimum absolute atomic E-state index is 0.110. The molecule has 82 valence electrons. The summed E-state index contributed by atoms with van der Waals surface area (Å²) in [7, 11) is 1.63. The van der Waals surface area contributed by atoms with Gasteiger partial charge in [0.25, 0.3) is 0 Å². The van der Waals surface area contributed by atoms with E-state index in [1.165, 1.54) is 0 Å². The van der Waals surface area contributed by atoms with Crippen LogP contribution in [0.15, 0.2) is 18.2 Å². The second kappa shape index (κ2) is 4.06. The van der Waals surface area contributed by atoms with Crippen molar-refractivity contribution in [2.45, 2.75) is 18.9 Å². The summed E-state index contributed by atoms with van der Waals surface area (Å²) >= 11 is 0. The van der Waals surface area contributed by atoms with Crippen LogP contribution in [0, 0.1) is 0 Å². The number of hydrogen-bond acceptors (Lipinski definition) is 4. The first-order valence-electron chi connectivity index (χ1n) is 5.22. The summed E-state index contributed by atoms with van der Waals surface area (Å²) in [6, 6.07) is 5.76. The predicted octanol–water partition coefficient (Wildman–Crippen LogP) is 1.25. The fourth-order valence-electron chi connectivity index (χ4n) is 1.83. The second-order valence-electron chi connectivity index (χ2n) is 4.18. The third kappa shape index (κ3) is 2.39. The van der Waals surface area contributed by atoms with Crippen molar-refractivity contribution in [2.75, 3.05) is 25.5 Å². The van der Waals surface area contributed by atoms with E-state index in [1.54, 1.807) is 7.11 Å². The number of nitrogens with zero attached hydrogens (tertiary/aromatic N) is 1. The predicted molar refractivity (Wildman–Crippen MR) is 60.3 cm³/mol. The highest BCUT2D eigenvalue weighted by Crippen LogP contribution is 2.20. The monoisotopic (exact) mass is 207 g/mol. The molecule has 1 saturated heterocycles. The second-order valence-corrected chi connectivity index (χ2v) is 4.18. The SMILES string of the molecule is COc1cccc(NC2(C)CCNC2)n1. The Morgan fingerprint density at radius 3 is 3.07 bits per heavy atom. The van der Waals surface area contributed by atoms with Crippen LogP contribution in [0.1, 0.15) is 13.3 Å². The number of hydrogen-bond donors (Lipinski definition) is 2. The molecule has 15 heavy (non-hydrogen) atoms. The fraction of sp³-hybridized carbons (Fsp3) is 0.545. The van der Waals surface area contributed by atoms with Crippen LogP contribution in [0.2, 0.25) is 0 Å². The molecule has 2 rings (SSSR count). The molecule has 1 fully saturated rings. The molecule has 0 aliphatic carbocycles. The van der Waals surface area contributed by atoms with Crippen LogP contribution in [0.25, 0.3) is 0 Å². The number of pyridine rings is 1. The van der Waals surface area contributed by atoms with Crippen LogP contribution >= 0.6 is 0 Å². The van der Waals surface area contributed by atoms with E-state index in [0.29, 0.717) is 5.88 Å². The summed E-state index contributed by atoms with van der Waals surface area (Å²) in [5.41, 5.74) is 0.110. The zero-order valence-electron chi connectivity index (χ0n) is 9.21. The smallest absolute Gasteiger partial charge is 0.214 e. The van der Waals surface area contributed by atoms with Crippen molar-refractivity contribution in [3.63, 3.8) is 0 Å². The van der Waals surface area contributed by atoms with Crippen molar-refractivity contribution in [1.29, 1.82) is 0 Å². The van der Waals surface area contributed by atoms with Crippen molar-refractivity contribution < 1.29 is 4.74 Å². The number of ether oxygens (including phenoxy) is 1. The number of aromatic nitrogens is 1. The lowest BCUT2D eigenvalue weighted by Gasteiger charge is -2.25. The van der Waals surface area contributed by atoms with Crippen molar-refractivity contribution in [1.82, 2.24) is 10.3 Å². The Morgan fingerprint density at radius 2 is 2.40 bits per heavy atom. The molecule has 0 bridgehead atoms. The fourth-order valence-corrected chi connectivity index (χ4v) is 1.83. The molecular weight excluding hydrogens is 190 g/mol. The summed E-state index contributed by atoms with van der Waals surface area (Å²) in [5, 5.41) is 6.78. The van der Waals surface area contributed by atoms with Gasteiger partial charge in [0.15, 0.2) is 0 Å². The average Bonchev–Trinajstić information content (AvgIpc) is 2.65. The van der Waals surface area contributed by atoms with E-state index in [2.05, 4.69) is 22.5 Å². The quantitative estimate of drug-likeness (QED) is 0.783. The van der Waals surface area contributed by atoms with E-state index in [-0.39, 0.29) is 5.54 Å². The van der Waals surface area contributed by atoms with Gasteiger partial charge in [0.1, 0.15) is 5.82 Å². The number of methoxy groups -OCH3 is 1. The maximum absolute atomic E-state index is 5.09. The highest BCUT2D eigenvalue weighted by Gasteiger charge is 2.28. The lowest BCUT2D eigenvalue weighted by atomic mass is 10.0. The molecule has 4 nitrogen and oxygen atoms in total. The maximum Gasteiger partial charge on any atom is 0.214 e. The van der Waals surface area contributed by atoms with Crippen LogP contribution in [0.3, 0.4) is 0 Å². The molecule has 4 heteroatoms. The van der Waals surface area contributed by atoms with Gasteiger partial charge in [-0.1, -0.05) is 6.07 Å². The average molecular weight is 207 g/mol. The lowest BCUT2D eigenvalue weighted by molar-refractivity contribution is 0.398. The lowest BCUT2D eigenvalue weighted by Crippen LogP contribution is -2.37. The molecule has 1 aliphatic heterocycles. The maximum atomic E-state index is 5.09. The molecule has 0 spiro atoms. The molecule has 1 atom stereocenters. The third-order valence-corrected chi connectivity index (χ3v) is 2.73. The van der Waals surface area contributed by atoms with Crippen LogP contribution in [0.5, 0.6) is 5.88 Å². The highest BCUT2D eigenvalue weighted by atomic mass is 16.5. The summed E-state index contributed by atoms with van der Waals surface area (Å²) in [5.74, 6) is 1.52. The van der Waals surface area contributed by atoms with Gasteiger partial charge in [-0.15, -0.1) is 0 Å². The van der Waals surface area contributed by atoms with E-state index in [4.69, 9.17) is 4.74 Å². The van der Waals surface area contributed by atoms with Gasteiger partial charge < -0.3 is 15.4 Å². The van der Waals surface area contributed by atoms with E-state index < -0.39 is 0 Å². The molecule has 2 heterocycles. The first-order chi connectivity index (χ1) is 7.22. The Labute approximate surface area is 90.0 Å². The molecule has 1 unspecified atom stereocenters. The molecule has 0 radical (unpaired) electrons. The van der Waals surface area contributed by atoms with Gasteiger partial charge in [-0.05, 0) is 26.0 Å². The molecule has 0 aromatic carbocycles. The van der Waals surface area contributed by atoms with Gasteiger partial charge in [0.2, 0.25) is 5.88 Å². The van der Waals surface area contributed by atoms with Gasteiger partial charge in [-0.3, -0.25) is 0 Å². The Morgan fingerprint density at radius 1 is 1.53 bits per heavy atom. The zero-order valence-corrected chi connectivity index (χ0v) is 9.21. The van der Waals surface area contributed by atoms with Gasteiger partial charge in [-0.25, -0.2) is 0 Å². The Balaban J connectivity index is 2.09. The van der Waals surface area contributed by atoms with E-state index in [1.807, 2.05) is 18.2 Å². The standard InChI is InChI=1S/C11H17N3O/c1-11(6-7-12-8-11)14-9-4-3-5-10(13-9)15-2/h3-5,12H,6-8H2,1-2H3,(H,13,14). The van der Waals surface area contributed by atoms with Crippen LogP contribution < -0.4 is 15.4 Å². The van der Waals surface area contributed by atoms with E-state index in [0.717, 1.165) is 25.3 Å². The van der Waals surface area contributed by atoms with Crippen LogP contribution in [-0.4, -0.2) is 30.7 Å². The molecule has 1 aromatic heterocycles. The van der Waals surface area contributed by atoms with Crippen molar-refractivity contribution in [3.05, 3.63) is 18.2 Å². The van der Waals surface area contributed by atoms with Crippen molar-refractivity contribution >= 4 is 5.82 Å². The van der Waals surface area contributed by atoms with Gasteiger partial charge in [0, 0.05) is 18.2 Å². The molecular formula is C11H17N3O. The molecule has 0 amide bonds. The molecule has 2 N–H and O–H groups in total. The van der Waals surface area contributed by atoms with Gasteiger partial charge in [0.05, 0.1) is 7.11 Å². The Hall–Kier alpha value is -1.29. The van der Waals surface area contributed by atoms with Gasteiger partial charge in [-0.2, -0.15) is 4.98 Å². The largest absolute Gasteiger partial charge is 0.481 e. The number of anilines is 1. The normalized spacial score (nSPS) is 25.2. The third-order valence-electron chi connectivity index (χ3n) is 2.73. The Bertz CT molecular complexity index is 334. The van der Waals surface area contributed by atoms with Crippen molar-refractivity contribution in [3.8, 4) is 5.88 Å². The Kier molecular flexibility index (Phi) is 2.77. The minimum Gasteiger partial charge on any atom is -0.481 e. The van der Waals surface area contributed by atoms with E-state index >= 15 is 0 Å². The summed E-state index contributed by atoms with van der Waals surface area (Å²) in [6.07, 6.45) is 1.12. The van der Waals surface area contributed by atoms with Crippen molar-refractivity contribution in [2.24, 2.45) is 0 Å². The summed E-state index contributed by atoms with van der Waals surface area (Å²) in [4.78, 5) is 4.34. The topological polar surface area (TPSA) is 46.2 Å². The molecule has 1 aromatic rings. The summed E-state index contributed by atoms with van der Waals surface area (Å²) in [6.45, 7) is 4.24. The highest BCUT2D eigenvalue weighted by molar-refractivity contribution is 5.40. The van der Waals surface area contributed by atoms with E-state index in [9.17, 15) is 0 Å². The minimum atomic E-state index is 0.110. The first kappa shape index (κ1) is 10.2. The number of rotatable bonds is 3. The van der Waals surface area contributed by atoms with Crippen LogP contribution in [0.4, 0.5) is 5.82 Å².